The third-order valence-electron chi connectivity index (χ3n) is 3.21. The first kappa shape index (κ1) is 8.24. The molecule has 0 spiro atoms. The number of piperidine rings is 1. The highest BCUT2D eigenvalue weighted by Gasteiger charge is 2.31. The summed E-state index contributed by atoms with van der Waals surface area (Å²) < 4.78 is 0. The van der Waals surface area contributed by atoms with Crippen molar-refractivity contribution < 1.29 is 4.79 Å². The Morgan fingerprint density at radius 3 is 2.33 bits per heavy atom. The molecule has 0 aromatic rings. The molecule has 2 fully saturated rings. The summed E-state index contributed by atoms with van der Waals surface area (Å²) in [7, 11) is 0. The van der Waals surface area contributed by atoms with Crippen molar-refractivity contribution >= 4 is 5.78 Å². The fourth-order valence-corrected chi connectivity index (χ4v) is 2.12. The average molecular weight is 167 g/mol. The van der Waals surface area contributed by atoms with Gasteiger partial charge in [0.2, 0.25) is 0 Å². The predicted molar refractivity (Wildman–Crippen MR) is 47.9 cm³/mol. The molecule has 2 nitrogen and oxygen atoms in total. The summed E-state index contributed by atoms with van der Waals surface area (Å²) >= 11 is 0. The van der Waals surface area contributed by atoms with Crippen LogP contribution >= 0.6 is 0 Å². The van der Waals surface area contributed by atoms with Crippen molar-refractivity contribution in [3.63, 3.8) is 0 Å². The quantitative estimate of drug-likeness (QED) is 0.672. The Labute approximate surface area is 73.7 Å². The molecule has 1 aliphatic carbocycles. The molecule has 1 aliphatic heterocycles. The Balaban J connectivity index is 1.84. The van der Waals surface area contributed by atoms with Crippen LogP contribution in [0, 0.1) is 11.8 Å². The van der Waals surface area contributed by atoms with Gasteiger partial charge in [-0.05, 0) is 32.2 Å². The molecule has 0 amide bonds. The van der Waals surface area contributed by atoms with Gasteiger partial charge in [-0.25, -0.2) is 0 Å². The molecule has 1 saturated heterocycles. The molecule has 1 heterocycles. The van der Waals surface area contributed by atoms with Crippen molar-refractivity contribution in [2.45, 2.75) is 32.1 Å². The van der Waals surface area contributed by atoms with E-state index in [4.69, 9.17) is 0 Å². The van der Waals surface area contributed by atoms with Gasteiger partial charge in [-0.15, -0.1) is 0 Å². The van der Waals surface area contributed by atoms with Crippen molar-refractivity contribution in [3.8, 4) is 0 Å². The van der Waals surface area contributed by atoms with E-state index >= 15 is 0 Å². The number of hydrogen-bond donors (Lipinski definition) is 1. The zero-order valence-electron chi connectivity index (χ0n) is 7.51. The van der Waals surface area contributed by atoms with E-state index < -0.39 is 0 Å². The van der Waals surface area contributed by atoms with Crippen molar-refractivity contribution in [1.82, 2.24) is 5.32 Å². The zero-order chi connectivity index (χ0) is 8.39. The van der Waals surface area contributed by atoms with Gasteiger partial charge in [0, 0.05) is 18.4 Å². The third kappa shape index (κ3) is 1.53. The molecule has 0 radical (unpaired) electrons. The van der Waals surface area contributed by atoms with Crippen LogP contribution in [-0.2, 0) is 4.79 Å². The number of carbonyl (C=O) groups is 1. The van der Waals surface area contributed by atoms with E-state index in [2.05, 4.69) is 5.32 Å². The summed E-state index contributed by atoms with van der Waals surface area (Å²) in [5, 5.41) is 3.30. The van der Waals surface area contributed by atoms with Crippen LogP contribution < -0.4 is 5.32 Å². The molecule has 12 heavy (non-hydrogen) atoms. The number of carbonyl (C=O) groups excluding carboxylic acids is 1. The first-order valence-electron chi connectivity index (χ1n) is 5.12. The Hall–Kier alpha value is -0.370. The van der Waals surface area contributed by atoms with Gasteiger partial charge in [-0.1, -0.05) is 6.42 Å². The Morgan fingerprint density at radius 1 is 1.08 bits per heavy atom. The molecule has 2 rings (SSSR count). The largest absolute Gasteiger partial charge is 0.316 e. The summed E-state index contributed by atoms with van der Waals surface area (Å²) in [4.78, 5) is 11.7. The van der Waals surface area contributed by atoms with E-state index in [0.29, 0.717) is 17.6 Å². The molecule has 0 aromatic heterocycles. The fourth-order valence-electron chi connectivity index (χ4n) is 2.12. The predicted octanol–water partition coefficient (Wildman–Crippen LogP) is 1.36. The molecule has 1 saturated carbocycles. The third-order valence-corrected chi connectivity index (χ3v) is 3.21. The van der Waals surface area contributed by atoms with Gasteiger partial charge in [0.1, 0.15) is 5.78 Å². The molecular weight excluding hydrogens is 150 g/mol. The second-order valence-corrected chi connectivity index (χ2v) is 4.07. The van der Waals surface area contributed by atoms with E-state index in [-0.39, 0.29) is 0 Å². The average Bonchev–Trinajstić information content (AvgIpc) is 2.03. The van der Waals surface area contributed by atoms with E-state index in [0.717, 1.165) is 32.4 Å². The van der Waals surface area contributed by atoms with Crippen molar-refractivity contribution in [3.05, 3.63) is 0 Å². The lowest BCUT2D eigenvalue weighted by Crippen LogP contribution is -2.38. The number of nitrogens with one attached hydrogen (secondary N) is 1. The van der Waals surface area contributed by atoms with Crippen molar-refractivity contribution in [2.24, 2.45) is 11.8 Å². The second kappa shape index (κ2) is 3.56. The zero-order valence-corrected chi connectivity index (χ0v) is 7.51. The normalized spacial score (nSPS) is 31.2. The highest BCUT2D eigenvalue weighted by molar-refractivity contribution is 5.84. The van der Waals surface area contributed by atoms with Gasteiger partial charge in [-0.3, -0.25) is 4.79 Å². The molecule has 1 atom stereocenters. The van der Waals surface area contributed by atoms with Gasteiger partial charge in [0.05, 0.1) is 0 Å². The Morgan fingerprint density at radius 2 is 1.83 bits per heavy atom. The van der Waals surface area contributed by atoms with Crippen LogP contribution in [0.25, 0.3) is 0 Å². The molecule has 0 unspecified atom stereocenters. The van der Waals surface area contributed by atoms with Gasteiger partial charge in [0.15, 0.2) is 0 Å². The highest BCUT2D eigenvalue weighted by atomic mass is 16.1. The van der Waals surface area contributed by atoms with Gasteiger partial charge in [-0.2, -0.15) is 0 Å². The lowest BCUT2D eigenvalue weighted by molar-refractivity contribution is -0.129. The first-order valence-corrected chi connectivity index (χ1v) is 5.12. The standard InChI is InChI=1S/C10H17NO/c12-10(8-3-1-4-8)9-5-2-6-11-7-9/h8-9,11H,1-7H2/t9-/m1/s1. The molecule has 0 aromatic carbocycles. The molecule has 0 bridgehead atoms. The maximum absolute atomic E-state index is 11.7. The van der Waals surface area contributed by atoms with Gasteiger partial charge < -0.3 is 5.32 Å². The van der Waals surface area contributed by atoms with E-state index in [1.54, 1.807) is 0 Å². The van der Waals surface area contributed by atoms with E-state index in [1.165, 1.54) is 12.8 Å². The summed E-state index contributed by atoms with van der Waals surface area (Å²) in [5.41, 5.74) is 0. The first-order chi connectivity index (χ1) is 5.88. The van der Waals surface area contributed by atoms with Crippen LogP contribution in [0.4, 0.5) is 0 Å². The van der Waals surface area contributed by atoms with Crippen molar-refractivity contribution in [1.29, 1.82) is 0 Å². The lowest BCUT2D eigenvalue weighted by Gasteiger charge is -2.30. The van der Waals surface area contributed by atoms with E-state index in [9.17, 15) is 4.79 Å². The SMILES string of the molecule is O=C(C1CCC1)[C@@H]1CCCNC1. The smallest absolute Gasteiger partial charge is 0.140 e. The highest BCUT2D eigenvalue weighted by Crippen LogP contribution is 2.31. The minimum absolute atomic E-state index is 0.351. The van der Waals surface area contributed by atoms with Crippen LogP contribution in [0.1, 0.15) is 32.1 Å². The van der Waals surface area contributed by atoms with Crippen LogP contribution in [0.15, 0.2) is 0 Å². The van der Waals surface area contributed by atoms with Crippen LogP contribution in [0.5, 0.6) is 0 Å². The van der Waals surface area contributed by atoms with Gasteiger partial charge in [0.25, 0.3) is 0 Å². The number of rotatable bonds is 2. The minimum atomic E-state index is 0.351. The topological polar surface area (TPSA) is 29.1 Å². The van der Waals surface area contributed by atoms with Crippen LogP contribution in [0.3, 0.4) is 0 Å². The summed E-state index contributed by atoms with van der Waals surface area (Å²) in [5.74, 6) is 1.34. The van der Waals surface area contributed by atoms with E-state index in [1.807, 2.05) is 0 Å². The second-order valence-electron chi connectivity index (χ2n) is 4.07. The Bertz CT molecular complexity index is 169. The van der Waals surface area contributed by atoms with Gasteiger partial charge >= 0.3 is 0 Å². The maximum Gasteiger partial charge on any atom is 0.140 e. The molecule has 68 valence electrons. The van der Waals surface area contributed by atoms with Crippen LogP contribution in [0.2, 0.25) is 0 Å². The van der Waals surface area contributed by atoms with Crippen LogP contribution in [-0.4, -0.2) is 18.9 Å². The minimum Gasteiger partial charge on any atom is -0.316 e. The molecule has 1 N–H and O–H groups in total. The fraction of sp³-hybridized carbons (Fsp3) is 0.900. The number of hydrogen-bond acceptors (Lipinski definition) is 2. The molecule has 2 aliphatic rings. The molecular formula is C10H17NO. The Kier molecular flexibility index (Phi) is 2.45. The number of Topliss-reactive ketones (excluding diaryl/α,β-unsaturated/α-hetero) is 1. The maximum atomic E-state index is 11.7. The monoisotopic (exact) mass is 167 g/mol. The summed E-state index contributed by atoms with van der Waals surface area (Å²) in [6.45, 7) is 2.05. The lowest BCUT2D eigenvalue weighted by atomic mass is 9.76. The van der Waals surface area contributed by atoms with Crippen molar-refractivity contribution in [2.75, 3.05) is 13.1 Å². The summed E-state index contributed by atoms with van der Waals surface area (Å²) in [6, 6.07) is 0. The summed E-state index contributed by atoms with van der Waals surface area (Å²) in [6.07, 6.45) is 5.91. The number of ketones is 1. The molecule has 2 heteroatoms.